The first-order chi connectivity index (χ1) is 13.3. The molecule has 0 saturated carbocycles. The summed E-state index contributed by atoms with van der Waals surface area (Å²) in [6.45, 7) is 1.60. The minimum absolute atomic E-state index is 0.0582. The van der Waals surface area contributed by atoms with Crippen LogP contribution in [0.4, 0.5) is 0 Å². The van der Waals surface area contributed by atoms with Gasteiger partial charge in [0.15, 0.2) is 5.50 Å². The highest BCUT2D eigenvalue weighted by Crippen LogP contribution is 2.29. The molecule has 1 unspecified atom stereocenters. The molecule has 2 aliphatic rings. The zero-order valence-corrected chi connectivity index (χ0v) is 15.6. The molecule has 5 heteroatoms. The standard InChI is InChI=1S/C22H19N3OS/c1-2-17-10-15(3-5-20(17)23-8-1)12-19-14-25-22(27-19)24-13-16-4-6-21-18(11-16)7-9-26-21/h1-6,8,10-12,14,22,24H,7,9,13H2/b19-12-. The Hall–Kier alpha value is -2.63. The van der Waals surface area contributed by atoms with Gasteiger partial charge in [0, 0.05) is 35.7 Å². The predicted octanol–water partition coefficient (Wildman–Crippen LogP) is 4.40. The molecule has 0 fully saturated rings. The van der Waals surface area contributed by atoms with E-state index in [1.165, 1.54) is 16.7 Å². The molecule has 0 bridgehead atoms. The first-order valence-corrected chi connectivity index (χ1v) is 9.96. The van der Waals surface area contributed by atoms with E-state index in [0.717, 1.165) is 41.1 Å². The van der Waals surface area contributed by atoms with Gasteiger partial charge in [-0.1, -0.05) is 36.0 Å². The van der Waals surface area contributed by atoms with E-state index < -0.39 is 0 Å². The van der Waals surface area contributed by atoms with Crippen molar-refractivity contribution >= 4 is 35.0 Å². The van der Waals surface area contributed by atoms with Gasteiger partial charge in [0.2, 0.25) is 0 Å². The Kier molecular flexibility index (Phi) is 4.40. The molecule has 0 spiro atoms. The summed E-state index contributed by atoms with van der Waals surface area (Å²) in [6.07, 6.45) is 6.96. The van der Waals surface area contributed by atoms with Crippen LogP contribution in [0.1, 0.15) is 16.7 Å². The molecule has 2 aromatic carbocycles. The third-order valence-corrected chi connectivity index (χ3v) is 5.76. The lowest BCUT2D eigenvalue weighted by molar-refractivity contribution is 0.357. The highest BCUT2D eigenvalue weighted by molar-refractivity contribution is 8.04. The van der Waals surface area contributed by atoms with Crippen molar-refractivity contribution < 1.29 is 4.74 Å². The summed E-state index contributed by atoms with van der Waals surface area (Å²) < 4.78 is 5.57. The van der Waals surface area contributed by atoms with Gasteiger partial charge in [-0.3, -0.25) is 15.3 Å². The number of pyridine rings is 1. The molecule has 3 aromatic rings. The summed E-state index contributed by atoms with van der Waals surface area (Å²) in [5.41, 5.74) is 4.83. The van der Waals surface area contributed by atoms with Crippen LogP contribution in [0.3, 0.4) is 0 Å². The van der Waals surface area contributed by atoms with Gasteiger partial charge in [0.05, 0.1) is 12.1 Å². The van der Waals surface area contributed by atoms with Crippen LogP contribution in [-0.2, 0) is 13.0 Å². The Bertz CT molecular complexity index is 1060. The molecule has 5 rings (SSSR count). The average Bonchev–Trinajstić information content (AvgIpc) is 3.35. The number of benzene rings is 2. The molecule has 27 heavy (non-hydrogen) atoms. The van der Waals surface area contributed by atoms with Crippen LogP contribution in [0.25, 0.3) is 17.0 Å². The second-order valence-corrected chi connectivity index (χ2v) is 7.83. The number of hydrogen-bond acceptors (Lipinski definition) is 5. The van der Waals surface area contributed by atoms with Crippen molar-refractivity contribution in [1.29, 1.82) is 0 Å². The van der Waals surface area contributed by atoms with E-state index in [1.807, 2.05) is 18.5 Å². The van der Waals surface area contributed by atoms with Gasteiger partial charge in [-0.15, -0.1) is 0 Å². The zero-order valence-electron chi connectivity index (χ0n) is 14.8. The molecule has 134 valence electrons. The number of nitrogens with zero attached hydrogens (tertiary/aromatic N) is 2. The lowest BCUT2D eigenvalue weighted by atomic mass is 10.1. The summed E-state index contributed by atoms with van der Waals surface area (Å²) in [5, 5.41) is 4.66. The minimum atomic E-state index is 0.0582. The summed E-state index contributed by atoms with van der Waals surface area (Å²) in [7, 11) is 0. The summed E-state index contributed by atoms with van der Waals surface area (Å²) in [4.78, 5) is 10.1. The largest absolute Gasteiger partial charge is 0.493 e. The van der Waals surface area contributed by atoms with Crippen molar-refractivity contribution in [2.45, 2.75) is 18.5 Å². The Morgan fingerprint density at radius 1 is 1.19 bits per heavy atom. The highest BCUT2D eigenvalue weighted by Gasteiger charge is 2.16. The Morgan fingerprint density at radius 3 is 3.19 bits per heavy atom. The number of nitrogens with one attached hydrogen (secondary N) is 1. The fourth-order valence-electron chi connectivity index (χ4n) is 3.40. The lowest BCUT2D eigenvalue weighted by Gasteiger charge is -2.10. The molecule has 0 amide bonds. The molecule has 4 nitrogen and oxygen atoms in total. The highest BCUT2D eigenvalue weighted by atomic mass is 32.2. The number of hydrogen-bond donors (Lipinski definition) is 1. The van der Waals surface area contributed by atoms with E-state index in [0.29, 0.717) is 0 Å². The number of aliphatic imine (C=N–C) groups is 1. The van der Waals surface area contributed by atoms with Gasteiger partial charge in [-0.05, 0) is 47.0 Å². The normalized spacial score (nSPS) is 19.6. The van der Waals surface area contributed by atoms with Crippen molar-refractivity contribution in [2.24, 2.45) is 4.99 Å². The molecule has 1 atom stereocenters. The van der Waals surface area contributed by atoms with Crippen molar-refractivity contribution in [3.05, 3.63) is 76.3 Å². The molecule has 2 aliphatic heterocycles. The van der Waals surface area contributed by atoms with Gasteiger partial charge in [-0.25, -0.2) is 0 Å². The van der Waals surface area contributed by atoms with Gasteiger partial charge in [0.25, 0.3) is 0 Å². The Morgan fingerprint density at radius 2 is 2.19 bits per heavy atom. The topological polar surface area (TPSA) is 46.5 Å². The fraction of sp³-hybridized carbons (Fsp3) is 0.182. The van der Waals surface area contributed by atoms with E-state index in [4.69, 9.17) is 4.74 Å². The first-order valence-electron chi connectivity index (χ1n) is 9.08. The number of allylic oxidation sites excluding steroid dienone is 1. The fourth-order valence-corrected chi connectivity index (χ4v) is 4.27. The van der Waals surface area contributed by atoms with Crippen molar-refractivity contribution in [1.82, 2.24) is 10.3 Å². The molecular formula is C22H19N3OS. The zero-order chi connectivity index (χ0) is 18.1. The quantitative estimate of drug-likeness (QED) is 0.736. The van der Waals surface area contributed by atoms with E-state index >= 15 is 0 Å². The maximum atomic E-state index is 5.57. The number of thioether (sulfide) groups is 1. The van der Waals surface area contributed by atoms with Crippen LogP contribution >= 0.6 is 11.8 Å². The maximum absolute atomic E-state index is 5.57. The smallest absolute Gasteiger partial charge is 0.151 e. The SMILES string of the molecule is C1=NC(NCc2ccc3c(c2)CCO3)S/C1=C\c1ccc2ncccc2c1. The van der Waals surface area contributed by atoms with Crippen molar-refractivity contribution in [3.63, 3.8) is 0 Å². The van der Waals surface area contributed by atoms with Crippen LogP contribution in [0.15, 0.2) is 64.6 Å². The van der Waals surface area contributed by atoms with E-state index in [2.05, 4.69) is 63.8 Å². The number of rotatable bonds is 4. The van der Waals surface area contributed by atoms with Gasteiger partial charge in [0.1, 0.15) is 5.75 Å². The second kappa shape index (κ2) is 7.18. The molecule has 0 aliphatic carbocycles. The molecular weight excluding hydrogens is 354 g/mol. The monoisotopic (exact) mass is 373 g/mol. The molecule has 3 heterocycles. The van der Waals surface area contributed by atoms with E-state index in [-0.39, 0.29) is 5.50 Å². The van der Waals surface area contributed by atoms with Crippen molar-refractivity contribution in [2.75, 3.05) is 6.61 Å². The van der Waals surface area contributed by atoms with Gasteiger partial charge >= 0.3 is 0 Å². The molecule has 0 saturated heterocycles. The van der Waals surface area contributed by atoms with Crippen LogP contribution in [0.5, 0.6) is 5.75 Å². The summed E-state index contributed by atoms with van der Waals surface area (Å²) in [5.74, 6) is 1.03. The van der Waals surface area contributed by atoms with Crippen LogP contribution in [-0.4, -0.2) is 23.3 Å². The van der Waals surface area contributed by atoms with E-state index in [9.17, 15) is 0 Å². The average molecular weight is 373 g/mol. The van der Waals surface area contributed by atoms with Crippen LogP contribution in [0.2, 0.25) is 0 Å². The van der Waals surface area contributed by atoms with Gasteiger partial charge in [-0.2, -0.15) is 0 Å². The third-order valence-electron chi connectivity index (χ3n) is 4.76. The number of fused-ring (bicyclic) bond motifs is 2. The van der Waals surface area contributed by atoms with Crippen LogP contribution in [0, 0.1) is 0 Å². The van der Waals surface area contributed by atoms with Crippen molar-refractivity contribution in [3.8, 4) is 5.75 Å². The molecule has 1 aromatic heterocycles. The predicted molar refractivity (Wildman–Crippen MR) is 112 cm³/mol. The van der Waals surface area contributed by atoms with Gasteiger partial charge < -0.3 is 4.74 Å². The number of aromatic nitrogens is 1. The second-order valence-electron chi connectivity index (χ2n) is 6.67. The summed E-state index contributed by atoms with van der Waals surface area (Å²) >= 11 is 1.74. The first kappa shape index (κ1) is 16.5. The number of ether oxygens (including phenoxy) is 1. The summed E-state index contributed by atoms with van der Waals surface area (Å²) in [6, 6.07) is 16.8. The Labute approximate surface area is 162 Å². The van der Waals surface area contributed by atoms with E-state index in [1.54, 1.807) is 11.8 Å². The molecule has 1 N–H and O–H groups in total. The lowest BCUT2D eigenvalue weighted by Crippen LogP contribution is -2.21. The minimum Gasteiger partial charge on any atom is -0.493 e. The maximum Gasteiger partial charge on any atom is 0.151 e. The molecule has 0 radical (unpaired) electrons. The Balaban J connectivity index is 1.23. The third kappa shape index (κ3) is 3.61. The van der Waals surface area contributed by atoms with Crippen LogP contribution < -0.4 is 10.1 Å².